The Bertz CT molecular complexity index is 462. The molecule has 0 atom stereocenters. The van der Waals surface area contributed by atoms with Crippen molar-refractivity contribution in [2.24, 2.45) is 0 Å². The molecule has 0 unspecified atom stereocenters. The number of halogens is 2. The van der Waals surface area contributed by atoms with E-state index >= 15 is 0 Å². The molecule has 0 saturated heterocycles. The van der Waals surface area contributed by atoms with Crippen molar-refractivity contribution >= 4 is 61.1 Å². The van der Waals surface area contributed by atoms with Gasteiger partial charge in [-0.2, -0.15) is 24.4 Å². The molecule has 0 aliphatic heterocycles. The van der Waals surface area contributed by atoms with Crippen LogP contribution in [0.4, 0.5) is 0 Å². The van der Waals surface area contributed by atoms with Crippen LogP contribution in [0.5, 0.6) is 0 Å². The molecule has 2 rings (SSSR count). The van der Waals surface area contributed by atoms with Crippen LogP contribution >= 0.6 is 24.8 Å². The van der Waals surface area contributed by atoms with Gasteiger partial charge in [0.05, 0.1) is 0 Å². The molecule has 0 spiro atoms. The summed E-state index contributed by atoms with van der Waals surface area (Å²) in [6.45, 7) is 15.0. The first-order valence-electron chi connectivity index (χ1n) is 6.96. The quantitative estimate of drug-likeness (QED) is 0.389. The molecule has 1 N–H and O–H groups in total. The molecule has 25 heavy (non-hydrogen) atoms. The van der Waals surface area contributed by atoms with Crippen molar-refractivity contribution in [2.45, 2.75) is 39.7 Å². The SMILES string of the molecule is C[Si](C)(C)O.C[Si]C.Cl.Cl.[CH2-]C.[CH3-].[O]=[Ti]=[Si].c1ccc2[cH-]ccc2c1. The van der Waals surface area contributed by atoms with E-state index in [-0.39, 0.29) is 32.2 Å². The molecule has 0 aliphatic carbocycles. The standard InChI is InChI=1S/C9H7.C3H10OSi.C2H6Si.C2H5.CH3.2ClH.O.Si.Ti/c1-2-5-9-7-3-6-8(9)4-1;1-5(2,3)4;1-3-2;1-2;;;;;;/h1-7H;4H,1-3H3;1-2H3;1H2,2H3;1H3;2*1H;;;/q-1;;;2*-1;;;;;. The fourth-order valence-electron chi connectivity index (χ4n) is 1.07. The summed E-state index contributed by atoms with van der Waals surface area (Å²) in [6.07, 6.45) is 0. The van der Waals surface area contributed by atoms with Gasteiger partial charge in [0.15, 0.2) is 8.32 Å². The molecule has 0 aromatic heterocycles. The first kappa shape index (κ1) is 40.3. The zero-order valence-electron chi connectivity index (χ0n) is 16.4. The minimum absolute atomic E-state index is 0. The first-order chi connectivity index (χ1) is 10.3. The van der Waals surface area contributed by atoms with Gasteiger partial charge >= 0.3 is 28.8 Å². The van der Waals surface area contributed by atoms with Crippen LogP contribution in [0.2, 0.25) is 32.7 Å². The molecule has 146 valence electrons. The van der Waals surface area contributed by atoms with E-state index in [1.54, 1.807) is 6.92 Å². The fraction of sp³-hybridized carbons (Fsp3) is 0.353. The third kappa shape index (κ3) is 40.5. The van der Waals surface area contributed by atoms with Gasteiger partial charge in [-0.3, -0.25) is 0 Å². The summed E-state index contributed by atoms with van der Waals surface area (Å²) in [7, 11) is 2.23. The third-order valence-electron chi connectivity index (χ3n) is 1.55. The van der Waals surface area contributed by atoms with Crippen molar-refractivity contribution in [3.8, 4) is 0 Å². The molecule has 0 aliphatic rings. The Kier molecular flexibility index (Phi) is 47.2. The van der Waals surface area contributed by atoms with Crippen LogP contribution in [-0.4, -0.2) is 30.3 Å². The van der Waals surface area contributed by atoms with E-state index in [4.69, 9.17) is 8.12 Å². The van der Waals surface area contributed by atoms with Crippen LogP contribution in [-0.2, 0) is 21.2 Å². The van der Waals surface area contributed by atoms with Crippen LogP contribution < -0.4 is 0 Å². The zero-order chi connectivity index (χ0) is 18.0. The topological polar surface area (TPSA) is 37.3 Å². The molecular formula is C17H33Cl2O2Si3Ti-3. The summed E-state index contributed by atoms with van der Waals surface area (Å²) in [5.74, 6) is 0. The maximum atomic E-state index is 8.97. The van der Waals surface area contributed by atoms with E-state index in [9.17, 15) is 0 Å². The normalized spacial score (nSPS) is 7.36. The predicted molar refractivity (Wildman–Crippen MR) is 121 cm³/mol. The molecule has 4 radical (unpaired) electrons. The number of benzene rings is 1. The van der Waals surface area contributed by atoms with Crippen LogP contribution in [0.25, 0.3) is 10.8 Å². The number of rotatable bonds is 0. The van der Waals surface area contributed by atoms with Gasteiger partial charge in [0, 0.05) is 9.52 Å². The predicted octanol–water partition coefficient (Wildman–Crippen LogP) is 5.79. The molecule has 0 heterocycles. The maximum absolute atomic E-state index is 8.97. The molecule has 0 fully saturated rings. The van der Waals surface area contributed by atoms with E-state index in [0.717, 1.165) is 9.52 Å². The minimum Gasteiger partial charge on any atom is -0.168 e. The Hall–Kier alpha value is 0.535. The van der Waals surface area contributed by atoms with Gasteiger partial charge in [0.2, 0.25) is 0 Å². The van der Waals surface area contributed by atoms with Crippen molar-refractivity contribution in [1.29, 1.82) is 0 Å². The van der Waals surface area contributed by atoms with Gasteiger partial charge in [-0.05, 0) is 19.6 Å². The van der Waals surface area contributed by atoms with Crippen molar-refractivity contribution in [3.63, 3.8) is 0 Å². The van der Waals surface area contributed by atoms with Crippen LogP contribution in [0.15, 0.2) is 42.5 Å². The Labute approximate surface area is 182 Å². The third-order valence-corrected chi connectivity index (χ3v) is 1.55. The fourth-order valence-corrected chi connectivity index (χ4v) is 1.07. The van der Waals surface area contributed by atoms with Gasteiger partial charge in [0.1, 0.15) is 0 Å². The van der Waals surface area contributed by atoms with Crippen molar-refractivity contribution in [3.05, 3.63) is 56.8 Å². The molecule has 0 bridgehead atoms. The second kappa shape index (κ2) is 29.3. The minimum atomic E-state index is -1.61. The molecule has 0 saturated carbocycles. The van der Waals surface area contributed by atoms with Crippen molar-refractivity contribution in [2.75, 3.05) is 0 Å². The largest absolute Gasteiger partial charge is 0.168 e. The van der Waals surface area contributed by atoms with Gasteiger partial charge in [-0.25, -0.2) is 0 Å². The number of hydrogen-bond donors (Lipinski definition) is 1. The van der Waals surface area contributed by atoms with Crippen LogP contribution in [0.3, 0.4) is 0 Å². The van der Waals surface area contributed by atoms with E-state index in [0.29, 0.717) is 0 Å². The summed E-state index contributed by atoms with van der Waals surface area (Å²) >= 11 is -0.944. The summed E-state index contributed by atoms with van der Waals surface area (Å²) in [5.41, 5.74) is 0. The van der Waals surface area contributed by atoms with Crippen LogP contribution in [0.1, 0.15) is 6.92 Å². The molecule has 2 aromatic carbocycles. The second-order valence-corrected chi connectivity index (χ2v) is 11.4. The van der Waals surface area contributed by atoms with Crippen LogP contribution in [0, 0.1) is 14.4 Å². The maximum Gasteiger partial charge on any atom is -0.0809 e. The Morgan fingerprint density at radius 2 is 1.44 bits per heavy atom. The van der Waals surface area contributed by atoms with Gasteiger partial charge in [0.25, 0.3) is 0 Å². The summed E-state index contributed by atoms with van der Waals surface area (Å²) in [4.78, 5) is 8.66. The smallest absolute Gasteiger partial charge is 0.0809 e. The molecule has 2 nitrogen and oxygen atoms in total. The average Bonchev–Trinajstić information content (AvgIpc) is 2.89. The second-order valence-electron chi connectivity index (χ2n) is 4.93. The summed E-state index contributed by atoms with van der Waals surface area (Å²) in [5, 5.41) is 2.66. The van der Waals surface area contributed by atoms with Gasteiger partial charge < -0.3 is 19.1 Å². The van der Waals surface area contributed by atoms with Crippen molar-refractivity contribution in [1.82, 2.24) is 0 Å². The van der Waals surface area contributed by atoms with E-state index in [1.807, 2.05) is 19.6 Å². The molecule has 0 amide bonds. The van der Waals surface area contributed by atoms with E-state index in [2.05, 4.69) is 70.1 Å². The van der Waals surface area contributed by atoms with E-state index in [1.165, 1.54) is 10.8 Å². The summed E-state index contributed by atoms with van der Waals surface area (Å²) < 4.78 is 8.97. The summed E-state index contributed by atoms with van der Waals surface area (Å²) in [6, 6.07) is 14.7. The number of fused-ring (bicyclic) bond motifs is 1. The van der Waals surface area contributed by atoms with Gasteiger partial charge in [-0.1, -0.05) is 19.2 Å². The van der Waals surface area contributed by atoms with Gasteiger partial charge in [-0.15, -0.1) is 54.5 Å². The molecular weight excluding hydrogens is 439 g/mol. The Balaban J connectivity index is -0.0000000499. The first-order valence-corrected chi connectivity index (χ1v) is 15.9. The monoisotopic (exact) mass is 471 g/mol. The molecule has 8 heteroatoms. The molecule has 2 aromatic rings. The zero-order valence-corrected chi connectivity index (χ0v) is 22.6. The van der Waals surface area contributed by atoms with Crippen molar-refractivity contribution < 1.29 is 26.0 Å². The Morgan fingerprint density at radius 3 is 1.76 bits per heavy atom. The Morgan fingerprint density at radius 1 is 1.12 bits per heavy atom. The number of hydrogen-bond acceptors (Lipinski definition) is 2. The van der Waals surface area contributed by atoms with E-state index < -0.39 is 26.2 Å². The average molecular weight is 472 g/mol.